The molecule has 0 saturated carbocycles. The highest BCUT2D eigenvalue weighted by Crippen LogP contribution is 2.11. The fourth-order valence-corrected chi connectivity index (χ4v) is 2.45. The van der Waals surface area contributed by atoms with Crippen LogP contribution in [-0.2, 0) is 28.4 Å². The number of hydrogen-bond donors (Lipinski definition) is 0. The Labute approximate surface area is 152 Å². The van der Waals surface area contributed by atoms with Gasteiger partial charge in [-0.3, -0.25) is 0 Å². The number of hydrogen-bond acceptors (Lipinski definition) is 7. The standard InChI is InChI=1S/C18H37NO6/c1-3-20-8-9-21-10-11-22-12-13-23-14-15-24-16-17-25-18-4-6-19(2)7-5-18/h18H,3-17H2,1-2H3. The van der Waals surface area contributed by atoms with Crippen LogP contribution in [0.2, 0.25) is 0 Å². The molecule has 1 heterocycles. The third-order valence-electron chi connectivity index (χ3n) is 3.94. The molecule has 0 amide bonds. The van der Waals surface area contributed by atoms with Gasteiger partial charge in [-0.05, 0) is 26.8 Å². The minimum Gasteiger partial charge on any atom is -0.379 e. The molecule has 1 aliphatic rings. The third-order valence-corrected chi connectivity index (χ3v) is 3.94. The molecule has 1 rings (SSSR count). The van der Waals surface area contributed by atoms with Crippen molar-refractivity contribution in [3.63, 3.8) is 0 Å². The van der Waals surface area contributed by atoms with Crippen molar-refractivity contribution in [1.82, 2.24) is 4.90 Å². The predicted octanol–water partition coefficient (Wildman–Crippen LogP) is 1.20. The van der Waals surface area contributed by atoms with Crippen LogP contribution in [0.15, 0.2) is 0 Å². The fourth-order valence-electron chi connectivity index (χ4n) is 2.45. The Balaban J connectivity index is 1.68. The van der Waals surface area contributed by atoms with Crippen molar-refractivity contribution >= 4 is 0 Å². The van der Waals surface area contributed by atoms with Gasteiger partial charge in [0, 0.05) is 19.7 Å². The second-order valence-corrected chi connectivity index (χ2v) is 6.02. The lowest BCUT2D eigenvalue weighted by Crippen LogP contribution is -2.34. The molecule has 0 aromatic carbocycles. The first-order valence-corrected chi connectivity index (χ1v) is 9.51. The molecule has 7 nitrogen and oxygen atoms in total. The molecule has 0 N–H and O–H groups in total. The van der Waals surface area contributed by atoms with Crippen molar-refractivity contribution < 1.29 is 28.4 Å². The summed E-state index contributed by atoms with van der Waals surface area (Å²) in [6.45, 7) is 11.0. The minimum atomic E-state index is 0.399. The zero-order valence-electron chi connectivity index (χ0n) is 16.1. The highest BCUT2D eigenvalue weighted by Gasteiger charge is 2.16. The summed E-state index contributed by atoms with van der Waals surface area (Å²) in [6, 6.07) is 0. The van der Waals surface area contributed by atoms with Gasteiger partial charge >= 0.3 is 0 Å². The van der Waals surface area contributed by atoms with Gasteiger partial charge in [0.1, 0.15) is 0 Å². The maximum absolute atomic E-state index is 5.81. The van der Waals surface area contributed by atoms with Gasteiger partial charge in [-0.2, -0.15) is 0 Å². The quantitative estimate of drug-likeness (QED) is 0.360. The lowest BCUT2D eigenvalue weighted by molar-refractivity contribution is -0.0353. The Morgan fingerprint density at radius 1 is 0.640 bits per heavy atom. The Morgan fingerprint density at radius 2 is 1.04 bits per heavy atom. The third kappa shape index (κ3) is 14.6. The predicted molar refractivity (Wildman–Crippen MR) is 96.2 cm³/mol. The Bertz CT molecular complexity index is 274. The van der Waals surface area contributed by atoms with Gasteiger partial charge in [0.05, 0.1) is 72.2 Å². The van der Waals surface area contributed by atoms with Gasteiger partial charge in [-0.25, -0.2) is 0 Å². The van der Waals surface area contributed by atoms with Crippen molar-refractivity contribution in [3.8, 4) is 0 Å². The highest BCUT2D eigenvalue weighted by atomic mass is 16.6. The Hall–Kier alpha value is -0.280. The zero-order valence-corrected chi connectivity index (χ0v) is 16.1. The van der Waals surface area contributed by atoms with E-state index in [1.54, 1.807) is 0 Å². The molecular weight excluding hydrogens is 326 g/mol. The summed E-state index contributed by atoms with van der Waals surface area (Å²) in [4.78, 5) is 2.34. The number of likely N-dealkylation sites (tertiary alicyclic amines) is 1. The Morgan fingerprint density at radius 3 is 1.48 bits per heavy atom. The van der Waals surface area contributed by atoms with Crippen LogP contribution < -0.4 is 0 Å². The van der Waals surface area contributed by atoms with Crippen molar-refractivity contribution in [1.29, 1.82) is 0 Å². The maximum atomic E-state index is 5.81. The first kappa shape index (κ1) is 22.8. The molecule has 0 radical (unpaired) electrons. The van der Waals surface area contributed by atoms with Crippen LogP contribution in [0, 0.1) is 0 Å². The summed E-state index contributed by atoms with van der Waals surface area (Å²) >= 11 is 0. The summed E-state index contributed by atoms with van der Waals surface area (Å²) in [5.74, 6) is 0. The summed E-state index contributed by atoms with van der Waals surface area (Å²) < 4.78 is 32.7. The average Bonchev–Trinajstić information content (AvgIpc) is 2.63. The van der Waals surface area contributed by atoms with E-state index in [4.69, 9.17) is 28.4 Å². The number of ether oxygens (including phenoxy) is 6. The van der Waals surface area contributed by atoms with E-state index < -0.39 is 0 Å². The van der Waals surface area contributed by atoms with Crippen LogP contribution in [0.5, 0.6) is 0 Å². The van der Waals surface area contributed by atoms with Crippen molar-refractivity contribution in [2.45, 2.75) is 25.9 Å². The molecule has 25 heavy (non-hydrogen) atoms. The van der Waals surface area contributed by atoms with Crippen LogP contribution in [-0.4, -0.2) is 104 Å². The van der Waals surface area contributed by atoms with E-state index in [9.17, 15) is 0 Å². The molecule has 0 aliphatic carbocycles. The van der Waals surface area contributed by atoms with Gasteiger partial charge in [-0.1, -0.05) is 0 Å². The summed E-state index contributed by atoms with van der Waals surface area (Å²) in [5, 5.41) is 0. The summed E-state index contributed by atoms with van der Waals surface area (Å²) in [6.07, 6.45) is 2.64. The lowest BCUT2D eigenvalue weighted by Gasteiger charge is -2.28. The van der Waals surface area contributed by atoms with Crippen LogP contribution in [0.1, 0.15) is 19.8 Å². The largest absolute Gasteiger partial charge is 0.379 e. The molecule has 1 fully saturated rings. The molecule has 150 valence electrons. The molecule has 0 atom stereocenters. The van der Waals surface area contributed by atoms with Crippen molar-refractivity contribution in [3.05, 3.63) is 0 Å². The van der Waals surface area contributed by atoms with Crippen LogP contribution >= 0.6 is 0 Å². The summed E-state index contributed by atoms with van der Waals surface area (Å²) in [7, 11) is 2.15. The van der Waals surface area contributed by atoms with E-state index in [0.29, 0.717) is 72.2 Å². The van der Waals surface area contributed by atoms with E-state index in [-0.39, 0.29) is 0 Å². The monoisotopic (exact) mass is 363 g/mol. The van der Waals surface area contributed by atoms with E-state index in [2.05, 4.69) is 11.9 Å². The molecule has 0 aromatic heterocycles. The van der Waals surface area contributed by atoms with Crippen molar-refractivity contribution in [2.75, 3.05) is 92.8 Å². The summed E-state index contributed by atoms with van der Waals surface area (Å²) in [5.41, 5.74) is 0. The highest BCUT2D eigenvalue weighted by molar-refractivity contribution is 4.69. The van der Waals surface area contributed by atoms with E-state index >= 15 is 0 Å². The number of rotatable bonds is 17. The zero-order chi connectivity index (χ0) is 18.0. The topological polar surface area (TPSA) is 58.6 Å². The van der Waals surface area contributed by atoms with E-state index in [0.717, 1.165) is 32.5 Å². The molecular formula is C18H37NO6. The second-order valence-electron chi connectivity index (χ2n) is 6.02. The van der Waals surface area contributed by atoms with Crippen LogP contribution in [0.3, 0.4) is 0 Å². The second kappa shape index (κ2) is 17.1. The van der Waals surface area contributed by atoms with Gasteiger partial charge in [-0.15, -0.1) is 0 Å². The number of piperidine rings is 1. The molecule has 1 saturated heterocycles. The molecule has 7 heteroatoms. The van der Waals surface area contributed by atoms with E-state index in [1.165, 1.54) is 0 Å². The van der Waals surface area contributed by atoms with Crippen LogP contribution in [0.25, 0.3) is 0 Å². The molecule has 0 aromatic rings. The minimum absolute atomic E-state index is 0.399. The Kier molecular flexibility index (Phi) is 15.6. The first-order valence-electron chi connectivity index (χ1n) is 9.51. The van der Waals surface area contributed by atoms with Crippen molar-refractivity contribution in [2.24, 2.45) is 0 Å². The number of nitrogens with zero attached hydrogens (tertiary/aromatic N) is 1. The van der Waals surface area contributed by atoms with Crippen LogP contribution in [0.4, 0.5) is 0 Å². The maximum Gasteiger partial charge on any atom is 0.0704 e. The first-order chi connectivity index (χ1) is 12.3. The average molecular weight is 363 g/mol. The molecule has 0 unspecified atom stereocenters. The normalized spacial score (nSPS) is 16.6. The van der Waals surface area contributed by atoms with Gasteiger partial charge in [0.25, 0.3) is 0 Å². The smallest absolute Gasteiger partial charge is 0.0704 e. The van der Waals surface area contributed by atoms with Gasteiger partial charge < -0.3 is 33.3 Å². The van der Waals surface area contributed by atoms with Gasteiger partial charge in [0.15, 0.2) is 0 Å². The fraction of sp³-hybridized carbons (Fsp3) is 1.00. The van der Waals surface area contributed by atoms with E-state index in [1.807, 2.05) is 6.92 Å². The molecule has 1 aliphatic heterocycles. The molecule has 0 spiro atoms. The SMILES string of the molecule is CCOCCOCCOCCOCCOCCOC1CCN(C)CC1. The molecule has 0 bridgehead atoms. The lowest BCUT2D eigenvalue weighted by atomic mass is 10.1. The van der Waals surface area contributed by atoms with Gasteiger partial charge in [0.2, 0.25) is 0 Å².